The molecule has 6 heteroatoms. The summed E-state index contributed by atoms with van der Waals surface area (Å²) >= 11 is 1.77. The van der Waals surface area contributed by atoms with Gasteiger partial charge in [0.2, 0.25) is 0 Å². The first-order valence-corrected chi connectivity index (χ1v) is 8.68. The lowest BCUT2D eigenvalue weighted by Crippen LogP contribution is -2.46. The molecular weight excluding hydrogens is 286 g/mol. The number of aromatic nitrogens is 1. The van der Waals surface area contributed by atoms with Gasteiger partial charge in [-0.3, -0.25) is 4.79 Å². The second kappa shape index (κ2) is 6.32. The van der Waals surface area contributed by atoms with Crippen LogP contribution < -0.4 is 4.90 Å². The Balaban J connectivity index is 1.70. The van der Waals surface area contributed by atoms with Crippen LogP contribution >= 0.6 is 11.3 Å². The lowest BCUT2D eigenvalue weighted by molar-refractivity contribution is -0.145. The van der Waals surface area contributed by atoms with E-state index < -0.39 is 0 Å². The predicted molar refractivity (Wildman–Crippen MR) is 84.1 cm³/mol. The molecule has 0 amide bonds. The molecule has 3 rings (SSSR count). The zero-order valence-electron chi connectivity index (χ0n) is 12.8. The number of aryl methyl sites for hydroxylation is 1. The number of piperazine rings is 1. The van der Waals surface area contributed by atoms with E-state index in [-0.39, 0.29) is 11.9 Å². The van der Waals surface area contributed by atoms with Gasteiger partial charge in [0.15, 0.2) is 5.13 Å². The Hall–Kier alpha value is -1.14. The number of anilines is 1. The molecule has 0 N–H and O–H groups in total. The fraction of sp³-hybridized carbons (Fsp3) is 0.733. The maximum absolute atomic E-state index is 12.0. The van der Waals surface area contributed by atoms with Crippen molar-refractivity contribution < 1.29 is 9.53 Å². The first-order chi connectivity index (χ1) is 10.2. The highest BCUT2D eigenvalue weighted by Crippen LogP contribution is 2.40. The van der Waals surface area contributed by atoms with Gasteiger partial charge in [-0.2, -0.15) is 0 Å². The smallest absolute Gasteiger partial charge is 0.315 e. The second-order valence-corrected chi connectivity index (χ2v) is 6.63. The van der Waals surface area contributed by atoms with E-state index in [1.165, 1.54) is 4.88 Å². The summed E-state index contributed by atoms with van der Waals surface area (Å²) in [6.45, 7) is 9.89. The monoisotopic (exact) mass is 309 g/mol. The molecule has 0 bridgehead atoms. The molecule has 0 saturated carbocycles. The Kier molecular flexibility index (Phi) is 4.45. The van der Waals surface area contributed by atoms with E-state index in [0.29, 0.717) is 6.61 Å². The summed E-state index contributed by atoms with van der Waals surface area (Å²) in [5.74, 6) is -0.245. The van der Waals surface area contributed by atoms with Gasteiger partial charge in [-0.25, -0.2) is 4.98 Å². The molecule has 1 aromatic heterocycles. The minimum absolute atomic E-state index is 0.107. The molecule has 2 heterocycles. The van der Waals surface area contributed by atoms with Crippen molar-refractivity contribution >= 4 is 22.4 Å². The lowest BCUT2D eigenvalue weighted by Gasteiger charge is -2.33. The van der Waals surface area contributed by atoms with Crippen molar-refractivity contribution in [2.75, 3.05) is 44.2 Å². The molecule has 116 valence electrons. The van der Waals surface area contributed by atoms with Gasteiger partial charge in [0.05, 0.1) is 12.3 Å². The number of hydrogen-bond acceptors (Lipinski definition) is 6. The highest BCUT2D eigenvalue weighted by Gasteiger charge is 2.34. The minimum Gasteiger partial charge on any atom is -0.465 e. The molecule has 1 unspecified atom stereocenters. The Morgan fingerprint density at radius 1 is 1.33 bits per heavy atom. The van der Waals surface area contributed by atoms with Crippen molar-refractivity contribution in [1.29, 1.82) is 0 Å². The van der Waals surface area contributed by atoms with E-state index in [1.54, 1.807) is 11.3 Å². The van der Waals surface area contributed by atoms with Gasteiger partial charge < -0.3 is 14.5 Å². The maximum atomic E-state index is 12.0. The highest BCUT2D eigenvalue weighted by atomic mass is 32.1. The van der Waals surface area contributed by atoms with Gasteiger partial charge in [-0.1, -0.05) is 6.92 Å². The quantitative estimate of drug-likeness (QED) is 0.795. The average molecular weight is 309 g/mol. The van der Waals surface area contributed by atoms with E-state index in [0.717, 1.165) is 56.4 Å². The first kappa shape index (κ1) is 14.8. The summed E-state index contributed by atoms with van der Waals surface area (Å²) < 4.78 is 5.17. The van der Waals surface area contributed by atoms with Crippen LogP contribution in [0.4, 0.5) is 5.13 Å². The second-order valence-electron chi connectivity index (χ2n) is 5.57. The number of ether oxygens (including phenoxy) is 1. The van der Waals surface area contributed by atoms with Crippen LogP contribution in [-0.2, 0) is 16.0 Å². The molecule has 5 nitrogen and oxygen atoms in total. The number of nitrogens with zero attached hydrogens (tertiary/aromatic N) is 3. The zero-order chi connectivity index (χ0) is 14.8. The minimum atomic E-state index is -0.137. The van der Waals surface area contributed by atoms with Gasteiger partial charge in [-0.15, -0.1) is 11.3 Å². The third-order valence-corrected chi connectivity index (χ3v) is 5.56. The van der Waals surface area contributed by atoms with Gasteiger partial charge in [-0.05, 0) is 26.3 Å². The van der Waals surface area contributed by atoms with Gasteiger partial charge in [0.25, 0.3) is 0 Å². The number of thiazole rings is 1. The summed E-state index contributed by atoms with van der Waals surface area (Å²) in [6.07, 6.45) is 1.82. The van der Waals surface area contributed by atoms with E-state index >= 15 is 0 Å². The average Bonchev–Trinajstić information content (AvgIpc) is 3.07. The summed E-state index contributed by atoms with van der Waals surface area (Å²) in [7, 11) is 0. The summed E-state index contributed by atoms with van der Waals surface area (Å²) in [6, 6.07) is 0. The van der Waals surface area contributed by atoms with Crippen molar-refractivity contribution in [3.05, 3.63) is 10.6 Å². The number of esters is 1. The number of carbonyl (C=O) groups excluding carboxylic acids is 1. The largest absolute Gasteiger partial charge is 0.465 e. The first-order valence-electron chi connectivity index (χ1n) is 7.86. The SMILES string of the molecule is CCOC(=O)C1CCc2sc(N3CCN(CC)CC3)nc21. The summed E-state index contributed by atoms with van der Waals surface area (Å²) in [5, 5.41) is 1.09. The predicted octanol–water partition coefficient (Wildman–Crippen LogP) is 1.88. The third-order valence-electron chi connectivity index (χ3n) is 4.37. The molecule has 1 saturated heterocycles. The van der Waals surface area contributed by atoms with Gasteiger partial charge in [0.1, 0.15) is 5.92 Å². The number of likely N-dealkylation sites (N-methyl/N-ethyl adjacent to an activating group) is 1. The number of rotatable bonds is 4. The van der Waals surface area contributed by atoms with Crippen LogP contribution in [0.1, 0.15) is 36.8 Å². The van der Waals surface area contributed by atoms with E-state index in [9.17, 15) is 4.79 Å². The van der Waals surface area contributed by atoms with Gasteiger partial charge in [0, 0.05) is 31.1 Å². The van der Waals surface area contributed by atoms with Crippen LogP contribution in [0.5, 0.6) is 0 Å². The normalized spacial score (nSPS) is 22.4. The van der Waals surface area contributed by atoms with Crippen LogP contribution in [0.2, 0.25) is 0 Å². The van der Waals surface area contributed by atoms with Crippen LogP contribution in [0.15, 0.2) is 0 Å². The van der Waals surface area contributed by atoms with Crippen molar-refractivity contribution in [3.63, 3.8) is 0 Å². The Morgan fingerprint density at radius 2 is 2.10 bits per heavy atom. The van der Waals surface area contributed by atoms with E-state index in [2.05, 4.69) is 16.7 Å². The van der Waals surface area contributed by atoms with Crippen molar-refractivity contribution in [2.24, 2.45) is 0 Å². The molecule has 1 aromatic rings. The molecule has 21 heavy (non-hydrogen) atoms. The molecule has 1 atom stereocenters. The van der Waals surface area contributed by atoms with Crippen LogP contribution in [-0.4, -0.2) is 55.2 Å². The highest BCUT2D eigenvalue weighted by molar-refractivity contribution is 7.15. The van der Waals surface area contributed by atoms with Crippen molar-refractivity contribution in [1.82, 2.24) is 9.88 Å². The van der Waals surface area contributed by atoms with Crippen molar-refractivity contribution in [2.45, 2.75) is 32.6 Å². The number of carbonyl (C=O) groups is 1. The standard InChI is InChI=1S/C15H23N3O2S/c1-3-17-7-9-18(10-8-17)15-16-13-11(14(19)20-4-2)5-6-12(13)21-15/h11H,3-10H2,1-2H3. The van der Waals surface area contributed by atoms with Crippen LogP contribution in [0.25, 0.3) is 0 Å². The summed E-state index contributed by atoms with van der Waals surface area (Å²) in [5.41, 5.74) is 0.978. The fourth-order valence-electron chi connectivity index (χ4n) is 3.08. The molecule has 0 aromatic carbocycles. The maximum Gasteiger partial charge on any atom is 0.315 e. The van der Waals surface area contributed by atoms with Gasteiger partial charge >= 0.3 is 5.97 Å². The molecule has 0 radical (unpaired) electrons. The Morgan fingerprint density at radius 3 is 2.76 bits per heavy atom. The Labute approximate surface area is 129 Å². The topological polar surface area (TPSA) is 45.7 Å². The molecule has 0 spiro atoms. The molecule has 2 aliphatic rings. The lowest BCUT2D eigenvalue weighted by atomic mass is 10.1. The van der Waals surface area contributed by atoms with E-state index in [4.69, 9.17) is 9.72 Å². The number of fused-ring (bicyclic) bond motifs is 1. The molecule has 1 fully saturated rings. The van der Waals surface area contributed by atoms with E-state index in [1.807, 2.05) is 6.92 Å². The molecule has 1 aliphatic carbocycles. The molecule has 1 aliphatic heterocycles. The Bertz CT molecular complexity index is 509. The van der Waals surface area contributed by atoms with Crippen LogP contribution in [0, 0.1) is 0 Å². The fourth-order valence-corrected chi connectivity index (χ4v) is 4.27. The molecular formula is C15H23N3O2S. The van der Waals surface area contributed by atoms with Crippen LogP contribution in [0.3, 0.4) is 0 Å². The zero-order valence-corrected chi connectivity index (χ0v) is 13.6. The summed E-state index contributed by atoms with van der Waals surface area (Å²) in [4.78, 5) is 22.9. The third kappa shape index (κ3) is 2.92. The van der Waals surface area contributed by atoms with Crippen molar-refractivity contribution in [3.8, 4) is 0 Å². The number of hydrogen-bond donors (Lipinski definition) is 0.